The van der Waals surface area contributed by atoms with Gasteiger partial charge >= 0.3 is 0 Å². The molecule has 0 aliphatic rings. The van der Waals surface area contributed by atoms with Gasteiger partial charge in [0.1, 0.15) is 13.2 Å². The van der Waals surface area contributed by atoms with Crippen LogP contribution in [0.15, 0.2) is 109 Å². The summed E-state index contributed by atoms with van der Waals surface area (Å²) in [5.74, 6) is -0.223. The van der Waals surface area contributed by atoms with Crippen molar-refractivity contribution in [3.05, 3.63) is 109 Å². The molecule has 2 N–H and O–H groups in total. The number of carbonyl (C=O) groups is 1. The van der Waals surface area contributed by atoms with E-state index in [1.54, 1.807) is 6.08 Å². The van der Waals surface area contributed by atoms with E-state index in [-0.39, 0.29) is 12.5 Å². The first kappa shape index (κ1) is 67.2. The average Bonchev–Trinajstić information content (AvgIpc) is 3.32. The van der Waals surface area contributed by atoms with Crippen LogP contribution < -0.4 is 10.2 Å². The predicted octanol–water partition coefficient (Wildman–Crippen LogP) is 16.6. The molecule has 0 aliphatic heterocycles. The van der Waals surface area contributed by atoms with Gasteiger partial charge in [-0.05, 0) is 89.9 Å². The second-order valence-corrected chi connectivity index (χ2v) is 21.3. The van der Waals surface area contributed by atoms with E-state index in [1.807, 2.05) is 27.2 Å². The van der Waals surface area contributed by atoms with Crippen molar-refractivity contribution in [3.8, 4) is 0 Å². The highest BCUT2D eigenvalue weighted by molar-refractivity contribution is 7.45. The van der Waals surface area contributed by atoms with E-state index in [0.717, 1.165) is 96.3 Å². The average molecular weight is 996 g/mol. The third-order valence-electron chi connectivity index (χ3n) is 12.0. The van der Waals surface area contributed by atoms with E-state index in [2.05, 4.69) is 116 Å². The van der Waals surface area contributed by atoms with Crippen LogP contribution in [0.25, 0.3) is 0 Å². The van der Waals surface area contributed by atoms with Crippen molar-refractivity contribution in [2.45, 2.75) is 231 Å². The standard InChI is InChI=1S/C61H107N2O6P/c1-6-8-10-12-14-16-18-20-22-24-26-27-28-29-30-31-32-33-34-35-37-39-41-43-45-47-49-51-53-55-61(65)62-59(58-69-70(66,67)68-57-56-63(3,4)5)60(64)54-52-50-48-46-44-42-40-38-36-25-23-21-19-17-15-13-11-9-7-2/h8,10,14,16,20,22,26-27,29-30,32-33,35,37,44,46,52,54,59-60,64H,6-7,9,11-13,15,17-19,21,23-25,28,31,34,36,38-43,45,47-51,53,55-58H2,1-5H3,(H-,62,65,66,67)/b10-8-,16-14-,22-20-,27-26-,30-29-,33-32-,37-35-,46-44+,54-52+. The molecule has 9 heteroatoms. The van der Waals surface area contributed by atoms with Crippen molar-refractivity contribution in [1.82, 2.24) is 5.32 Å². The summed E-state index contributed by atoms with van der Waals surface area (Å²) in [5, 5.41) is 13.8. The summed E-state index contributed by atoms with van der Waals surface area (Å²) in [6, 6.07) is -0.918. The Morgan fingerprint density at radius 1 is 0.514 bits per heavy atom. The minimum Gasteiger partial charge on any atom is -0.756 e. The smallest absolute Gasteiger partial charge is 0.268 e. The van der Waals surface area contributed by atoms with Gasteiger partial charge < -0.3 is 28.8 Å². The van der Waals surface area contributed by atoms with Gasteiger partial charge in [-0.3, -0.25) is 9.36 Å². The number of carbonyl (C=O) groups excluding carboxylic acids is 1. The number of aliphatic hydroxyl groups is 1. The number of allylic oxidation sites excluding steroid dienone is 17. The Bertz CT molecular complexity index is 1500. The molecule has 0 aliphatic carbocycles. The Kier molecular flexibility index (Phi) is 49.0. The maximum absolute atomic E-state index is 13.0. The third-order valence-corrected chi connectivity index (χ3v) is 12.9. The van der Waals surface area contributed by atoms with Gasteiger partial charge in [0.25, 0.3) is 7.82 Å². The largest absolute Gasteiger partial charge is 0.756 e. The predicted molar refractivity (Wildman–Crippen MR) is 302 cm³/mol. The first-order valence-corrected chi connectivity index (χ1v) is 29.7. The molecule has 0 rings (SSSR count). The molecule has 1 amide bonds. The SMILES string of the molecule is CC/C=C\C/C=C\C/C=C\C/C=C\C/C=C\C/C=C\C/C=C\CCCCCCCCCC(=O)NC(COP(=O)([O-])OCC[N+](C)(C)C)C(O)/C=C/CC/C=C/CCCCCCCCCCCCCCC. The second kappa shape index (κ2) is 51.1. The Balaban J connectivity index is 4.32. The fourth-order valence-corrected chi connectivity index (χ4v) is 8.28. The Morgan fingerprint density at radius 3 is 1.33 bits per heavy atom. The van der Waals surface area contributed by atoms with Crippen molar-refractivity contribution >= 4 is 13.7 Å². The molecular weight excluding hydrogens is 888 g/mol. The summed E-state index contributed by atoms with van der Waals surface area (Å²) < 4.78 is 23.3. The molecule has 0 saturated carbocycles. The molecule has 0 heterocycles. The van der Waals surface area contributed by atoms with Crippen LogP contribution >= 0.6 is 7.82 Å². The molecule has 0 radical (unpaired) electrons. The molecule has 0 fully saturated rings. The zero-order valence-electron chi connectivity index (χ0n) is 45.7. The molecule has 0 spiro atoms. The first-order valence-electron chi connectivity index (χ1n) is 28.2. The number of rotatable bonds is 50. The molecule has 3 atom stereocenters. The number of nitrogens with zero attached hydrogens (tertiary/aromatic N) is 1. The topological polar surface area (TPSA) is 108 Å². The number of phosphoric ester groups is 1. The van der Waals surface area contributed by atoms with Crippen molar-refractivity contribution in [3.63, 3.8) is 0 Å². The number of hydrogen-bond donors (Lipinski definition) is 2. The molecule has 0 aromatic carbocycles. The zero-order chi connectivity index (χ0) is 51.3. The van der Waals surface area contributed by atoms with Crippen LogP contribution in [-0.4, -0.2) is 68.5 Å². The Labute approximate surface area is 431 Å². The lowest BCUT2D eigenvalue weighted by Crippen LogP contribution is -2.45. The van der Waals surface area contributed by atoms with Gasteiger partial charge in [-0.25, -0.2) is 0 Å². The molecule has 70 heavy (non-hydrogen) atoms. The number of likely N-dealkylation sites (N-methyl/N-ethyl adjacent to an activating group) is 1. The van der Waals surface area contributed by atoms with Crippen molar-refractivity contribution in [2.24, 2.45) is 0 Å². The number of amides is 1. The van der Waals surface area contributed by atoms with E-state index in [4.69, 9.17) is 9.05 Å². The lowest BCUT2D eigenvalue weighted by molar-refractivity contribution is -0.870. The number of phosphoric acid groups is 1. The molecule has 8 nitrogen and oxygen atoms in total. The third kappa shape index (κ3) is 53.0. The maximum atomic E-state index is 13.0. The van der Waals surface area contributed by atoms with Crippen LogP contribution in [0.1, 0.15) is 219 Å². The summed E-state index contributed by atoms with van der Waals surface area (Å²) in [6.45, 7) is 4.50. The maximum Gasteiger partial charge on any atom is 0.268 e. The van der Waals surface area contributed by atoms with Gasteiger partial charge in [-0.2, -0.15) is 0 Å². The molecule has 0 aromatic rings. The van der Waals surface area contributed by atoms with Crippen LogP contribution in [-0.2, 0) is 18.4 Å². The Morgan fingerprint density at radius 2 is 0.886 bits per heavy atom. The molecule has 402 valence electrons. The lowest BCUT2D eigenvalue weighted by atomic mass is 10.0. The normalized spacial score (nSPS) is 14.8. The van der Waals surface area contributed by atoms with Crippen LogP contribution in [0.3, 0.4) is 0 Å². The van der Waals surface area contributed by atoms with E-state index >= 15 is 0 Å². The number of hydrogen-bond acceptors (Lipinski definition) is 6. The summed E-state index contributed by atoms with van der Waals surface area (Å²) >= 11 is 0. The van der Waals surface area contributed by atoms with Gasteiger partial charge in [0.05, 0.1) is 39.9 Å². The summed E-state index contributed by atoms with van der Waals surface area (Å²) in [4.78, 5) is 25.5. The van der Waals surface area contributed by atoms with Crippen LogP contribution in [0, 0.1) is 0 Å². The van der Waals surface area contributed by atoms with Crippen LogP contribution in [0.4, 0.5) is 0 Å². The van der Waals surface area contributed by atoms with Crippen molar-refractivity contribution in [2.75, 3.05) is 40.9 Å². The molecule has 0 aromatic heterocycles. The first-order chi connectivity index (χ1) is 34.0. The van der Waals surface area contributed by atoms with Gasteiger partial charge in [-0.15, -0.1) is 0 Å². The zero-order valence-corrected chi connectivity index (χ0v) is 46.6. The minimum absolute atomic E-state index is 0.0145. The fourth-order valence-electron chi connectivity index (χ4n) is 7.56. The highest BCUT2D eigenvalue weighted by atomic mass is 31.2. The Hall–Kier alpha value is -2.84. The van der Waals surface area contributed by atoms with Crippen molar-refractivity contribution in [1.29, 1.82) is 0 Å². The van der Waals surface area contributed by atoms with Gasteiger partial charge in [-0.1, -0.05) is 232 Å². The molecule has 0 bridgehead atoms. The van der Waals surface area contributed by atoms with Gasteiger partial charge in [0.15, 0.2) is 0 Å². The number of aliphatic hydroxyl groups excluding tert-OH is 1. The summed E-state index contributed by atoms with van der Waals surface area (Å²) in [5.41, 5.74) is 0. The fraction of sp³-hybridized carbons (Fsp3) is 0.689. The highest BCUT2D eigenvalue weighted by Gasteiger charge is 2.23. The summed E-state index contributed by atoms with van der Waals surface area (Å²) in [7, 11) is 1.22. The van der Waals surface area contributed by atoms with E-state index in [1.165, 1.54) is 103 Å². The quantitative estimate of drug-likeness (QED) is 0.0272. The van der Waals surface area contributed by atoms with Gasteiger partial charge in [0, 0.05) is 6.42 Å². The monoisotopic (exact) mass is 995 g/mol. The second-order valence-electron chi connectivity index (χ2n) is 19.9. The minimum atomic E-state index is -4.62. The number of unbranched alkanes of at least 4 members (excludes halogenated alkanes) is 21. The number of nitrogens with one attached hydrogen (secondary N) is 1. The van der Waals surface area contributed by atoms with Crippen LogP contribution in [0.5, 0.6) is 0 Å². The highest BCUT2D eigenvalue weighted by Crippen LogP contribution is 2.38. The van der Waals surface area contributed by atoms with Gasteiger partial charge in [0.2, 0.25) is 5.91 Å². The summed E-state index contributed by atoms with van der Waals surface area (Å²) in [6.07, 6.45) is 74.4. The van der Waals surface area contributed by atoms with E-state index < -0.39 is 26.6 Å². The van der Waals surface area contributed by atoms with Crippen LogP contribution in [0.2, 0.25) is 0 Å². The molecular formula is C61H107N2O6P. The molecule has 3 unspecified atom stereocenters. The lowest BCUT2D eigenvalue weighted by Gasteiger charge is -2.29. The van der Waals surface area contributed by atoms with E-state index in [9.17, 15) is 19.4 Å². The van der Waals surface area contributed by atoms with Crippen molar-refractivity contribution < 1.29 is 32.9 Å². The van der Waals surface area contributed by atoms with E-state index in [0.29, 0.717) is 17.4 Å². The molecule has 0 saturated heterocycles. The number of quaternary nitrogens is 1.